The fourth-order valence-electron chi connectivity index (χ4n) is 2.39. The lowest BCUT2D eigenvalue weighted by Crippen LogP contribution is -2.28. The van der Waals surface area contributed by atoms with Gasteiger partial charge in [-0.3, -0.25) is 4.99 Å². The minimum absolute atomic E-state index is 0.648. The Morgan fingerprint density at radius 2 is 2.28 bits per heavy atom. The molecule has 0 saturated carbocycles. The first kappa shape index (κ1) is 17.0. The predicted molar refractivity (Wildman–Crippen MR) is 105 cm³/mol. The van der Waals surface area contributed by atoms with Crippen LogP contribution < -0.4 is 0 Å². The van der Waals surface area contributed by atoms with Gasteiger partial charge in [0.1, 0.15) is 6.33 Å². The molecule has 25 heavy (non-hydrogen) atoms. The Morgan fingerprint density at radius 3 is 3.04 bits per heavy atom. The molecule has 0 unspecified atom stereocenters. The van der Waals surface area contributed by atoms with Crippen molar-refractivity contribution in [1.82, 2.24) is 15.0 Å². The van der Waals surface area contributed by atoms with Crippen LogP contribution in [0.4, 0.5) is 0 Å². The van der Waals surface area contributed by atoms with Crippen LogP contribution in [0.1, 0.15) is 6.92 Å². The molecule has 2 aromatic rings. The molecule has 1 aliphatic rings. The van der Waals surface area contributed by atoms with Crippen LogP contribution in [0.25, 0.3) is 10.9 Å². The highest BCUT2D eigenvalue weighted by molar-refractivity contribution is 8.13. The molecule has 0 fully saturated rings. The van der Waals surface area contributed by atoms with Gasteiger partial charge in [-0.15, -0.1) is 0 Å². The second-order valence-corrected chi connectivity index (χ2v) is 6.25. The van der Waals surface area contributed by atoms with Gasteiger partial charge in [-0.2, -0.15) is 5.10 Å². The molecule has 2 heterocycles. The first-order valence-corrected chi connectivity index (χ1v) is 8.61. The molecular weight excluding hydrogens is 332 g/mol. The molecule has 0 amide bonds. The lowest BCUT2D eigenvalue weighted by molar-refractivity contribution is 0.499. The van der Waals surface area contributed by atoms with E-state index in [1.54, 1.807) is 31.3 Å². The largest absolute Gasteiger partial charge is 0.308 e. The number of thioether (sulfide) groups is 1. The molecule has 126 valence electrons. The molecule has 7 heteroatoms. The molecule has 1 aromatic heterocycles. The summed E-state index contributed by atoms with van der Waals surface area (Å²) in [7, 11) is 1.76. The number of hydrazone groups is 1. The molecule has 0 saturated heterocycles. The minimum atomic E-state index is 0.648. The van der Waals surface area contributed by atoms with E-state index in [4.69, 9.17) is 5.41 Å². The van der Waals surface area contributed by atoms with Gasteiger partial charge in [-0.05, 0) is 31.2 Å². The lowest BCUT2D eigenvalue weighted by Gasteiger charge is -2.22. The van der Waals surface area contributed by atoms with Crippen molar-refractivity contribution in [3.63, 3.8) is 0 Å². The minimum Gasteiger partial charge on any atom is -0.308 e. The summed E-state index contributed by atoms with van der Waals surface area (Å²) in [4.78, 5) is 13.7. The van der Waals surface area contributed by atoms with Crippen LogP contribution in [-0.2, 0) is 0 Å². The number of benzene rings is 1. The zero-order valence-corrected chi connectivity index (χ0v) is 14.9. The van der Waals surface area contributed by atoms with E-state index in [9.17, 15) is 0 Å². The Morgan fingerprint density at radius 1 is 1.40 bits per heavy atom. The number of aliphatic imine (C=N–C) groups is 1. The predicted octanol–water partition coefficient (Wildman–Crippen LogP) is 3.53. The molecule has 1 aromatic carbocycles. The van der Waals surface area contributed by atoms with Gasteiger partial charge in [0, 0.05) is 35.3 Å². The van der Waals surface area contributed by atoms with Crippen LogP contribution in [0.3, 0.4) is 0 Å². The maximum Gasteiger partial charge on any atom is 0.184 e. The van der Waals surface area contributed by atoms with Gasteiger partial charge < -0.3 is 5.41 Å². The summed E-state index contributed by atoms with van der Waals surface area (Å²) < 4.78 is 0. The molecule has 0 radical (unpaired) electrons. The van der Waals surface area contributed by atoms with E-state index < -0.39 is 0 Å². The Hall–Kier alpha value is -2.80. The molecule has 0 atom stereocenters. The quantitative estimate of drug-likeness (QED) is 0.522. The normalized spacial score (nSPS) is 15.4. The Kier molecular flexibility index (Phi) is 5.35. The monoisotopic (exact) mass is 350 g/mol. The summed E-state index contributed by atoms with van der Waals surface area (Å²) >= 11 is 1.54. The molecule has 3 rings (SSSR count). The zero-order valence-electron chi connectivity index (χ0n) is 14.0. The van der Waals surface area contributed by atoms with Gasteiger partial charge in [0.25, 0.3) is 0 Å². The summed E-state index contributed by atoms with van der Waals surface area (Å²) in [5.74, 6) is 0. The molecule has 6 nitrogen and oxygen atoms in total. The number of aromatic nitrogens is 2. The zero-order chi connectivity index (χ0) is 17.6. The van der Waals surface area contributed by atoms with E-state index in [0.29, 0.717) is 6.54 Å². The van der Waals surface area contributed by atoms with E-state index in [2.05, 4.69) is 20.1 Å². The summed E-state index contributed by atoms with van der Waals surface area (Å²) in [6.45, 7) is 2.55. The molecule has 1 aliphatic heterocycles. The van der Waals surface area contributed by atoms with Gasteiger partial charge in [0.2, 0.25) is 0 Å². The van der Waals surface area contributed by atoms with E-state index >= 15 is 0 Å². The third kappa shape index (κ3) is 3.83. The van der Waals surface area contributed by atoms with Crippen molar-refractivity contribution in [2.24, 2.45) is 10.1 Å². The van der Waals surface area contributed by atoms with Gasteiger partial charge in [-0.1, -0.05) is 23.9 Å². The first-order chi connectivity index (χ1) is 12.2. The standard InChI is InChI=1S/C18H18N6S/c1-3-13(10-19)17-5-4-8-24(23-17)18(20-2)25-15-6-7-16-14(9-15)11-21-12-22-16/h3-7,9-12,19H,8H2,1-2H3/b13-3+,19-10?,20-18?. The number of nitrogens with one attached hydrogen (secondary N) is 1. The van der Waals surface area contributed by atoms with Crippen molar-refractivity contribution in [3.05, 3.63) is 54.5 Å². The molecule has 0 spiro atoms. The highest BCUT2D eigenvalue weighted by Crippen LogP contribution is 2.26. The van der Waals surface area contributed by atoms with Crippen LogP contribution in [0.5, 0.6) is 0 Å². The average Bonchev–Trinajstić information content (AvgIpc) is 2.67. The Balaban J connectivity index is 1.84. The van der Waals surface area contributed by atoms with Crippen LogP contribution in [-0.4, -0.2) is 45.7 Å². The van der Waals surface area contributed by atoms with Crippen LogP contribution >= 0.6 is 11.8 Å². The summed E-state index contributed by atoms with van der Waals surface area (Å²) in [5.41, 5.74) is 2.46. The lowest BCUT2D eigenvalue weighted by atomic mass is 10.1. The van der Waals surface area contributed by atoms with Gasteiger partial charge in [-0.25, -0.2) is 15.0 Å². The number of fused-ring (bicyclic) bond motifs is 1. The maximum absolute atomic E-state index is 7.50. The molecule has 1 N–H and O–H groups in total. The first-order valence-electron chi connectivity index (χ1n) is 7.79. The topological polar surface area (TPSA) is 77.6 Å². The van der Waals surface area contributed by atoms with E-state index in [1.807, 2.05) is 48.4 Å². The number of nitrogens with zero attached hydrogens (tertiary/aromatic N) is 5. The van der Waals surface area contributed by atoms with Crippen LogP contribution in [0.15, 0.2) is 69.5 Å². The highest BCUT2D eigenvalue weighted by Gasteiger charge is 2.16. The summed E-state index contributed by atoms with van der Waals surface area (Å²) in [6, 6.07) is 6.04. The third-order valence-electron chi connectivity index (χ3n) is 3.64. The summed E-state index contributed by atoms with van der Waals surface area (Å²) in [5, 5.41) is 15.7. The molecular formula is C18H18N6S. The SMILES string of the molecule is C/C=C(\C=N)C1=NN(C(=NC)Sc2ccc3ncncc3c2)CC=C1. The maximum atomic E-state index is 7.50. The molecule has 0 bridgehead atoms. The molecule has 0 aliphatic carbocycles. The Labute approximate surface area is 150 Å². The fraction of sp³-hybridized carbons (Fsp3) is 0.167. The number of rotatable bonds is 3. The average molecular weight is 350 g/mol. The van der Waals surface area contributed by atoms with E-state index in [0.717, 1.165) is 32.3 Å². The van der Waals surface area contributed by atoms with Crippen molar-refractivity contribution in [2.45, 2.75) is 11.8 Å². The second-order valence-electron chi connectivity index (χ2n) is 5.21. The number of allylic oxidation sites excluding steroid dienone is 3. The van der Waals surface area contributed by atoms with Crippen molar-refractivity contribution < 1.29 is 0 Å². The van der Waals surface area contributed by atoms with Crippen molar-refractivity contribution >= 4 is 39.8 Å². The van der Waals surface area contributed by atoms with Gasteiger partial charge >= 0.3 is 0 Å². The smallest absolute Gasteiger partial charge is 0.184 e. The Bertz CT molecular complexity index is 913. The van der Waals surface area contributed by atoms with Crippen molar-refractivity contribution in [1.29, 1.82) is 5.41 Å². The van der Waals surface area contributed by atoms with Crippen LogP contribution in [0, 0.1) is 5.41 Å². The third-order valence-corrected chi connectivity index (χ3v) is 4.71. The number of hydrogen-bond acceptors (Lipinski definition) is 6. The van der Waals surface area contributed by atoms with E-state index in [-0.39, 0.29) is 0 Å². The summed E-state index contributed by atoms with van der Waals surface area (Å²) in [6.07, 6.45) is 10.5. The highest BCUT2D eigenvalue weighted by atomic mass is 32.2. The van der Waals surface area contributed by atoms with E-state index in [1.165, 1.54) is 6.21 Å². The second kappa shape index (κ2) is 7.85. The van der Waals surface area contributed by atoms with Crippen molar-refractivity contribution in [3.8, 4) is 0 Å². The van der Waals surface area contributed by atoms with Crippen LogP contribution in [0.2, 0.25) is 0 Å². The van der Waals surface area contributed by atoms with Crippen molar-refractivity contribution in [2.75, 3.05) is 13.6 Å². The number of amidine groups is 1. The van der Waals surface area contributed by atoms with Gasteiger partial charge in [0.05, 0.1) is 17.8 Å². The number of hydrogen-bond donors (Lipinski definition) is 1. The fourth-order valence-corrected chi connectivity index (χ4v) is 3.24. The van der Waals surface area contributed by atoms with Gasteiger partial charge in [0.15, 0.2) is 5.17 Å².